The highest BCUT2D eigenvalue weighted by atomic mass is 16.5. The van der Waals surface area contributed by atoms with Gasteiger partial charge in [-0.25, -0.2) is 0 Å². The average molecular weight is 455 g/mol. The van der Waals surface area contributed by atoms with Crippen LogP contribution >= 0.6 is 0 Å². The fourth-order valence-electron chi connectivity index (χ4n) is 3.83. The SMILES string of the molecule is COc1ccc(-n2c(C)cc(C(=O)Nc3cccc(C(=O)NCc4ccccn4)c3)c2C)cc1. The largest absolute Gasteiger partial charge is 0.497 e. The number of methoxy groups -OCH3 is 1. The Labute approximate surface area is 198 Å². The van der Waals surface area contributed by atoms with Crippen LogP contribution < -0.4 is 15.4 Å². The smallest absolute Gasteiger partial charge is 0.257 e. The minimum atomic E-state index is -0.237. The molecule has 4 rings (SSSR count). The number of nitrogens with one attached hydrogen (secondary N) is 2. The highest BCUT2D eigenvalue weighted by Gasteiger charge is 2.17. The van der Waals surface area contributed by atoms with Crippen molar-refractivity contribution in [3.63, 3.8) is 0 Å². The zero-order chi connectivity index (χ0) is 24.1. The van der Waals surface area contributed by atoms with Gasteiger partial charge in [-0.2, -0.15) is 0 Å². The number of carbonyl (C=O) groups excluding carboxylic acids is 2. The van der Waals surface area contributed by atoms with E-state index >= 15 is 0 Å². The van der Waals surface area contributed by atoms with E-state index in [0.29, 0.717) is 23.4 Å². The Morgan fingerprint density at radius 1 is 0.941 bits per heavy atom. The molecule has 0 unspecified atom stereocenters. The van der Waals surface area contributed by atoms with Crippen LogP contribution in [0.15, 0.2) is 79.0 Å². The molecule has 0 spiro atoms. The second-order valence-electron chi connectivity index (χ2n) is 7.86. The summed E-state index contributed by atoms with van der Waals surface area (Å²) in [5.41, 5.74) is 5.05. The van der Waals surface area contributed by atoms with Gasteiger partial charge in [-0.15, -0.1) is 0 Å². The van der Waals surface area contributed by atoms with E-state index in [1.807, 2.05) is 66.9 Å². The Hall–Kier alpha value is -4.39. The first-order chi connectivity index (χ1) is 16.5. The average Bonchev–Trinajstić information content (AvgIpc) is 3.17. The molecule has 34 heavy (non-hydrogen) atoms. The first-order valence-electron chi connectivity index (χ1n) is 10.9. The molecular formula is C27H26N4O3. The Balaban J connectivity index is 1.48. The quantitative estimate of drug-likeness (QED) is 0.425. The van der Waals surface area contributed by atoms with Crippen molar-refractivity contribution in [1.82, 2.24) is 14.9 Å². The van der Waals surface area contributed by atoms with Gasteiger partial charge >= 0.3 is 0 Å². The highest BCUT2D eigenvalue weighted by molar-refractivity contribution is 6.06. The Bertz CT molecular complexity index is 1310. The van der Waals surface area contributed by atoms with E-state index in [2.05, 4.69) is 15.6 Å². The van der Waals surface area contributed by atoms with Crippen molar-refractivity contribution in [3.8, 4) is 11.4 Å². The fraction of sp³-hybridized carbons (Fsp3) is 0.148. The number of ether oxygens (including phenoxy) is 1. The molecule has 2 N–H and O–H groups in total. The van der Waals surface area contributed by atoms with Crippen molar-refractivity contribution < 1.29 is 14.3 Å². The molecule has 7 heteroatoms. The summed E-state index contributed by atoms with van der Waals surface area (Å²) in [6.07, 6.45) is 1.68. The standard InChI is InChI=1S/C27H26N4O3/c1-18-15-25(19(2)31(18)23-10-12-24(34-3)13-11-23)27(33)30-21-9-6-7-20(16-21)26(32)29-17-22-8-4-5-14-28-22/h4-16H,17H2,1-3H3,(H,29,32)(H,30,33). The third-order valence-electron chi connectivity index (χ3n) is 5.55. The summed E-state index contributed by atoms with van der Waals surface area (Å²) in [5.74, 6) is 0.298. The summed E-state index contributed by atoms with van der Waals surface area (Å²) in [6.45, 7) is 4.20. The van der Waals surface area contributed by atoms with Crippen molar-refractivity contribution in [2.24, 2.45) is 0 Å². The summed E-state index contributed by atoms with van der Waals surface area (Å²) in [6, 6.07) is 22.0. The van der Waals surface area contributed by atoms with E-state index in [1.54, 1.807) is 37.6 Å². The predicted octanol–water partition coefficient (Wildman–Crippen LogP) is 4.68. The molecule has 0 saturated heterocycles. The van der Waals surface area contributed by atoms with E-state index in [9.17, 15) is 9.59 Å². The Morgan fingerprint density at radius 2 is 1.74 bits per heavy atom. The van der Waals surface area contributed by atoms with Gasteiger partial charge in [0.2, 0.25) is 0 Å². The molecule has 0 bridgehead atoms. The first-order valence-corrected chi connectivity index (χ1v) is 10.9. The van der Waals surface area contributed by atoms with E-state index in [4.69, 9.17) is 4.74 Å². The van der Waals surface area contributed by atoms with Crippen LogP contribution in [0.3, 0.4) is 0 Å². The minimum absolute atomic E-state index is 0.237. The van der Waals surface area contributed by atoms with E-state index < -0.39 is 0 Å². The van der Waals surface area contributed by atoms with Gasteiger partial charge in [-0.3, -0.25) is 14.6 Å². The normalized spacial score (nSPS) is 10.6. The highest BCUT2D eigenvalue weighted by Crippen LogP contribution is 2.24. The topological polar surface area (TPSA) is 85.2 Å². The van der Waals surface area contributed by atoms with Crippen LogP contribution in [0.4, 0.5) is 5.69 Å². The second-order valence-corrected chi connectivity index (χ2v) is 7.86. The molecule has 0 aliphatic heterocycles. The summed E-state index contributed by atoms with van der Waals surface area (Å²) < 4.78 is 7.26. The molecule has 7 nitrogen and oxygen atoms in total. The molecule has 4 aromatic rings. The van der Waals surface area contributed by atoms with E-state index in [-0.39, 0.29) is 11.8 Å². The summed E-state index contributed by atoms with van der Waals surface area (Å²) in [7, 11) is 1.63. The number of hydrogen-bond acceptors (Lipinski definition) is 4. The van der Waals surface area contributed by atoms with Gasteiger partial charge in [0.15, 0.2) is 0 Å². The van der Waals surface area contributed by atoms with Crippen molar-refractivity contribution in [2.45, 2.75) is 20.4 Å². The molecule has 0 atom stereocenters. The molecule has 172 valence electrons. The maximum Gasteiger partial charge on any atom is 0.257 e. The molecule has 2 amide bonds. The third kappa shape index (κ3) is 4.99. The number of amides is 2. The number of benzene rings is 2. The molecule has 2 aromatic heterocycles. The van der Waals surface area contributed by atoms with Crippen LogP contribution in [-0.4, -0.2) is 28.5 Å². The first kappa shape index (κ1) is 22.8. The number of anilines is 1. The van der Waals surface area contributed by atoms with Gasteiger partial charge < -0.3 is 19.9 Å². The number of carbonyl (C=O) groups is 2. The van der Waals surface area contributed by atoms with Gasteiger partial charge in [0, 0.05) is 34.5 Å². The predicted molar refractivity (Wildman–Crippen MR) is 132 cm³/mol. The maximum absolute atomic E-state index is 13.1. The molecule has 2 aromatic carbocycles. The van der Waals surface area contributed by atoms with Crippen molar-refractivity contribution in [1.29, 1.82) is 0 Å². The fourth-order valence-corrected chi connectivity index (χ4v) is 3.83. The zero-order valence-corrected chi connectivity index (χ0v) is 19.3. The Kier molecular flexibility index (Phi) is 6.73. The van der Waals surface area contributed by atoms with Gasteiger partial charge in [-0.05, 0) is 74.5 Å². The van der Waals surface area contributed by atoms with Crippen LogP contribution in [0.1, 0.15) is 37.8 Å². The minimum Gasteiger partial charge on any atom is -0.497 e. The van der Waals surface area contributed by atoms with Crippen molar-refractivity contribution in [2.75, 3.05) is 12.4 Å². The maximum atomic E-state index is 13.1. The molecule has 0 fully saturated rings. The lowest BCUT2D eigenvalue weighted by Crippen LogP contribution is -2.23. The monoisotopic (exact) mass is 454 g/mol. The van der Waals surface area contributed by atoms with E-state index in [1.165, 1.54) is 0 Å². The van der Waals surface area contributed by atoms with Crippen molar-refractivity contribution >= 4 is 17.5 Å². The number of hydrogen-bond donors (Lipinski definition) is 2. The molecular weight excluding hydrogens is 428 g/mol. The van der Waals surface area contributed by atoms with Gasteiger partial charge in [0.05, 0.1) is 24.9 Å². The summed E-state index contributed by atoms with van der Waals surface area (Å²) in [5, 5.41) is 5.76. The van der Waals surface area contributed by atoms with Crippen LogP contribution in [0, 0.1) is 13.8 Å². The Morgan fingerprint density at radius 3 is 2.44 bits per heavy atom. The zero-order valence-electron chi connectivity index (χ0n) is 19.3. The lowest BCUT2D eigenvalue weighted by molar-refractivity contribution is 0.0949. The van der Waals surface area contributed by atoms with Gasteiger partial charge in [-0.1, -0.05) is 12.1 Å². The number of pyridine rings is 1. The van der Waals surface area contributed by atoms with Crippen LogP contribution in [0.25, 0.3) is 5.69 Å². The van der Waals surface area contributed by atoms with Crippen molar-refractivity contribution in [3.05, 3.63) is 107 Å². The molecule has 2 heterocycles. The number of aromatic nitrogens is 2. The van der Waals surface area contributed by atoms with Crippen LogP contribution in [0.2, 0.25) is 0 Å². The molecule has 0 aliphatic carbocycles. The molecule has 0 aliphatic rings. The van der Waals surface area contributed by atoms with Gasteiger partial charge in [0.25, 0.3) is 11.8 Å². The second kappa shape index (κ2) is 10.0. The molecule has 0 saturated carbocycles. The molecule has 0 radical (unpaired) electrons. The van der Waals surface area contributed by atoms with Gasteiger partial charge in [0.1, 0.15) is 5.75 Å². The summed E-state index contributed by atoms with van der Waals surface area (Å²) in [4.78, 5) is 29.8. The number of aryl methyl sites for hydroxylation is 1. The lowest BCUT2D eigenvalue weighted by Gasteiger charge is -2.11. The van der Waals surface area contributed by atoms with E-state index in [0.717, 1.165) is 28.5 Å². The number of nitrogens with zero attached hydrogens (tertiary/aromatic N) is 2. The van der Waals surface area contributed by atoms with Crippen LogP contribution in [-0.2, 0) is 6.54 Å². The lowest BCUT2D eigenvalue weighted by atomic mass is 10.1. The third-order valence-corrected chi connectivity index (χ3v) is 5.55. The summed E-state index contributed by atoms with van der Waals surface area (Å²) >= 11 is 0. The van der Waals surface area contributed by atoms with Crippen LogP contribution in [0.5, 0.6) is 5.75 Å². The number of rotatable bonds is 7.